The minimum Gasteiger partial charge on any atom is -0.491 e. The lowest BCUT2D eigenvalue weighted by molar-refractivity contribution is 0.100. The average Bonchev–Trinajstić information content (AvgIpc) is 3.18. The zero-order valence-corrected chi connectivity index (χ0v) is 14.7. The fourth-order valence-electron chi connectivity index (χ4n) is 2.69. The van der Waals surface area contributed by atoms with Crippen molar-refractivity contribution in [3.05, 3.63) is 66.0 Å². The highest BCUT2D eigenvalue weighted by atomic mass is 16.3. The Morgan fingerprint density at radius 1 is 1.04 bits per heavy atom. The van der Waals surface area contributed by atoms with E-state index in [1.54, 1.807) is 12.1 Å². The third-order valence-electron chi connectivity index (χ3n) is 4.02. The summed E-state index contributed by atoms with van der Waals surface area (Å²) in [5.41, 5.74) is 2.43. The number of carbonyl (C=O) groups is 1. The maximum absolute atomic E-state index is 12.1. The molecule has 27 heavy (non-hydrogen) atoms. The van der Waals surface area contributed by atoms with Crippen LogP contribution < -0.4 is 0 Å². The van der Waals surface area contributed by atoms with Gasteiger partial charge in [0.15, 0.2) is 5.78 Å². The maximum atomic E-state index is 12.1. The van der Waals surface area contributed by atoms with E-state index >= 15 is 0 Å². The first-order valence-corrected chi connectivity index (χ1v) is 8.30. The largest absolute Gasteiger partial charge is 0.491 e. The summed E-state index contributed by atoms with van der Waals surface area (Å²) in [4.78, 5) is 16.3. The molecule has 4 aromatic rings. The molecule has 0 fully saturated rings. The van der Waals surface area contributed by atoms with Gasteiger partial charge in [-0.3, -0.25) is 4.79 Å². The topological polar surface area (TPSA) is 97.1 Å². The van der Waals surface area contributed by atoms with E-state index in [0.29, 0.717) is 5.69 Å². The molecule has 0 spiro atoms. The van der Waals surface area contributed by atoms with Crippen LogP contribution in [0.5, 0.6) is 5.88 Å². The van der Waals surface area contributed by atoms with Crippen LogP contribution in [0, 0.1) is 6.92 Å². The van der Waals surface area contributed by atoms with Gasteiger partial charge in [0.2, 0.25) is 17.4 Å². The zero-order chi connectivity index (χ0) is 19.0. The molecule has 2 aromatic carbocycles. The SMILES string of the molecule is CC(=O)c1nn(-c2ccc(C)cc2)c2nc(O)c(N=Nc3ccccc3)n12. The Hall–Kier alpha value is -3.81. The van der Waals surface area contributed by atoms with E-state index in [9.17, 15) is 9.90 Å². The van der Waals surface area contributed by atoms with E-state index in [0.717, 1.165) is 11.3 Å². The molecule has 0 aliphatic heterocycles. The van der Waals surface area contributed by atoms with Crippen LogP contribution in [-0.2, 0) is 0 Å². The number of rotatable bonds is 4. The fourth-order valence-corrected chi connectivity index (χ4v) is 2.69. The van der Waals surface area contributed by atoms with Gasteiger partial charge in [0.1, 0.15) is 0 Å². The number of fused-ring (bicyclic) bond motifs is 1. The van der Waals surface area contributed by atoms with Gasteiger partial charge >= 0.3 is 0 Å². The zero-order valence-electron chi connectivity index (χ0n) is 14.7. The number of azo groups is 1. The molecule has 2 heterocycles. The number of ketones is 1. The number of aromatic hydroxyl groups is 1. The minimum absolute atomic E-state index is 0.0532. The molecule has 0 saturated carbocycles. The lowest BCUT2D eigenvalue weighted by Gasteiger charge is -2.00. The molecule has 8 heteroatoms. The molecule has 1 N–H and O–H groups in total. The van der Waals surface area contributed by atoms with E-state index in [1.807, 2.05) is 49.4 Å². The molecule has 0 aliphatic rings. The van der Waals surface area contributed by atoms with Crippen molar-refractivity contribution in [3.63, 3.8) is 0 Å². The number of aromatic nitrogens is 4. The van der Waals surface area contributed by atoms with Crippen molar-refractivity contribution in [3.8, 4) is 11.6 Å². The summed E-state index contributed by atoms with van der Waals surface area (Å²) in [6, 6.07) is 16.7. The average molecular weight is 360 g/mol. The summed E-state index contributed by atoms with van der Waals surface area (Å²) in [5, 5.41) is 22.9. The van der Waals surface area contributed by atoms with Crippen LogP contribution in [0.4, 0.5) is 11.5 Å². The summed E-state index contributed by atoms with van der Waals surface area (Å²) in [5.74, 6) is -0.156. The second-order valence-corrected chi connectivity index (χ2v) is 6.06. The van der Waals surface area contributed by atoms with Gasteiger partial charge in [0.05, 0.1) is 11.4 Å². The van der Waals surface area contributed by atoms with E-state index in [2.05, 4.69) is 20.3 Å². The van der Waals surface area contributed by atoms with Crippen LogP contribution in [0.2, 0.25) is 0 Å². The molecule has 0 saturated heterocycles. The van der Waals surface area contributed by atoms with Gasteiger partial charge in [-0.25, -0.2) is 4.40 Å². The second kappa shape index (κ2) is 6.49. The molecule has 0 aliphatic carbocycles. The molecule has 2 aromatic heterocycles. The van der Waals surface area contributed by atoms with Crippen molar-refractivity contribution in [2.45, 2.75) is 13.8 Å². The summed E-state index contributed by atoms with van der Waals surface area (Å²) in [6.07, 6.45) is 0. The van der Waals surface area contributed by atoms with Crippen molar-refractivity contribution < 1.29 is 9.90 Å². The van der Waals surface area contributed by atoms with Crippen LogP contribution in [0.25, 0.3) is 11.5 Å². The highest BCUT2D eigenvalue weighted by Gasteiger charge is 2.23. The molecule has 0 unspecified atom stereocenters. The van der Waals surface area contributed by atoms with Crippen LogP contribution in [0.15, 0.2) is 64.8 Å². The van der Waals surface area contributed by atoms with Crippen molar-refractivity contribution in [2.75, 3.05) is 0 Å². The van der Waals surface area contributed by atoms with E-state index < -0.39 is 0 Å². The number of benzene rings is 2. The molecule has 0 amide bonds. The number of carbonyl (C=O) groups excluding carboxylic acids is 1. The normalized spacial score (nSPS) is 11.5. The molecule has 4 rings (SSSR count). The van der Waals surface area contributed by atoms with Crippen LogP contribution >= 0.6 is 0 Å². The Labute approximate surface area is 154 Å². The monoisotopic (exact) mass is 360 g/mol. The Morgan fingerprint density at radius 3 is 2.41 bits per heavy atom. The van der Waals surface area contributed by atoms with Crippen molar-refractivity contribution in [2.24, 2.45) is 10.2 Å². The number of nitrogens with zero attached hydrogens (tertiary/aromatic N) is 6. The highest BCUT2D eigenvalue weighted by Crippen LogP contribution is 2.31. The minimum atomic E-state index is -0.324. The first-order chi connectivity index (χ1) is 13.0. The third-order valence-corrected chi connectivity index (χ3v) is 4.02. The van der Waals surface area contributed by atoms with Gasteiger partial charge in [-0.05, 0) is 31.2 Å². The van der Waals surface area contributed by atoms with E-state index in [4.69, 9.17) is 0 Å². The van der Waals surface area contributed by atoms with Gasteiger partial charge in [0.25, 0.3) is 5.88 Å². The van der Waals surface area contributed by atoms with Gasteiger partial charge in [-0.1, -0.05) is 35.9 Å². The number of aryl methyl sites for hydroxylation is 1. The molecular formula is C19H16N6O2. The molecule has 134 valence electrons. The van der Waals surface area contributed by atoms with Crippen molar-refractivity contribution in [1.82, 2.24) is 19.2 Å². The molecule has 0 atom stereocenters. The van der Waals surface area contributed by atoms with Gasteiger partial charge < -0.3 is 5.11 Å². The summed E-state index contributed by atoms with van der Waals surface area (Å²) in [6.45, 7) is 3.38. The standard InChI is InChI=1S/C19H16N6O2/c1-12-8-10-15(11-9-12)25-19-20-18(27)17(24(19)16(23-25)13(2)26)22-21-14-6-4-3-5-7-14/h3-11,27H,1-2H3. The summed E-state index contributed by atoms with van der Waals surface area (Å²) < 4.78 is 2.90. The highest BCUT2D eigenvalue weighted by molar-refractivity contribution is 5.92. The molecule has 8 nitrogen and oxygen atoms in total. The first-order valence-electron chi connectivity index (χ1n) is 8.30. The quantitative estimate of drug-likeness (QED) is 0.436. The molecular weight excluding hydrogens is 344 g/mol. The smallest absolute Gasteiger partial charge is 0.261 e. The van der Waals surface area contributed by atoms with E-state index in [1.165, 1.54) is 16.0 Å². The maximum Gasteiger partial charge on any atom is 0.261 e. The fraction of sp³-hybridized carbons (Fsp3) is 0.105. The summed E-state index contributed by atoms with van der Waals surface area (Å²) >= 11 is 0. The van der Waals surface area contributed by atoms with Gasteiger partial charge in [0, 0.05) is 6.92 Å². The predicted octanol–water partition coefficient (Wildman–Crippen LogP) is 4.15. The summed E-state index contributed by atoms with van der Waals surface area (Å²) in [7, 11) is 0. The molecule has 0 bridgehead atoms. The number of hydrogen-bond donors (Lipinski definition) is 1. The van der Waals surface area contributed by atoms with E-state index in [-0.39, 0.29) is 29.1 Å². The lowest BCUT2D eigenvalue weighted by atomic mass is 10.2. The number of hydrogen-bond acceptors (Lipinski definition) is 6. The van der Waals surface area contributed by atoms with Gasteiger partial charge in [-0.2, -0.15) is 9.67 Å². The predicted molar refractivity (Wildman–Crippen MR) is 99.3 cm³/mol. The second-order valence-electron chi connectivity index (χ2n) is 6.06. The third kappa shape index (κ3) is 2.97. The number of Topliss-reactive ketones (excluding diaryl/α,β-unsaturated/α-hetero) is 1. The number of imidazole rings is 1. The van der Waals surface area contributed by atoms with Crippen LogP contribution in [0.1, 0.15) is 23.1 Å². The van der Waals surface area contributed by atoms with Crippen molar-refractivity contribution in [1.29, 1.82) is 0 Å². The Kier molecular flexibility index (Phi) is 4.00. The Bertz CT molecular complexity index is 1160. The lowest BCUT2D eigenvalue weighted by Crippen LogP contribution is -2.01. The van der Waals surface area contributed by atoms with Crippen LogP contribution in [0.3, 0.4) is 0 Å². The first kappa shape index (κ1) is 16.6. The van der Waals surface area contributed by atoms with Crippen LogP contribution in [-0.4, -0.2) is 30.1 Å². The van der Waals surface area contributed by atoms with Gasteiger partial charge in [-0.15, -0.1) is 15.3 Å². The Balaban J connectivity index is 1.91. The molecule has 0 radical (unpaired) electrons. The Morgan fingerprint density at radius 2 is 1.74 bits per heavy atom. The van der Waals surface area contributed by atoms with Crippen molar-refractivity contribution >= 4 is 23.1 Å².